The van der Waals surface area contributed by atoms with Crippen molar-refractivity contribution in [1.29, 1.82) is 0 Å². The standard InChI is InChI=1S/C20H25N3O3/c1-15(24)22-11-17-12-23(18(25)16-7-3-2-4-8-16)14-20(17,13-22)19(26)21-9-5-6-10-21/h2-4,7-8,17H,5-6,9-14H2,1H3/t17-,20-/m0/s1. The lowest BCUT2D eigenvalue weighted by molar-refractivity contribution is -0.141. The van der Waals surface area contributed by atoms with Gasteiger partial charge in [-0.25, -0.2) is 0 Å². The van der Waals surface area contributed by atoms with E-state index in [2.05, 4.69) is 0 Å². The molecule has 0 aliphatic carbocycles. The highest BCUT2D eigenvalue weighted by atomic mass is 16.2. The number of nitrogens with zero attached hydrogens (tertiary/aromatic N) is 3. The third-order valence-electron chi connectivity index (χ3n) is 6.18. The van der Waals surface area contributed by atoms with Crippen LogP contribution in [-0.2, 0) is 9.59 Å². The van der Waals surface area contributed by atoms with Gasteiger partial charge in [-0.1, -0.05) is 18.2 Å². The van der Waals surface area contributed by atoms with Crippen molar-refractivity contribution >= 4 is 17.7 Å². The number of hydrogen-bond acceptors (Lipinski definition) is 3. The number of fused-ring (bicyclic) bond motifs is 1. The van der Waals surface area contributed by atoms with Crippen LogP contribution >= 0.6 is 0 Å². The van der Waals surface area contributed by atoms with Gasteiger partial charge in [0, 0.05) is 57.7 Å². The Balaban J connectivity index is 1.60. The zero-order chi connectivity index (χ0) is 18.3. The molecule has 3 aliphatic rings. The van der Waals surface area contributed by atoms with Crippen molar-refractivity contribution in [2.45, 2.75) is 19.8 Å². The molecule has 6 nitrogen and oxygen atoms in total. The maximum absolute atomic E-state index is 13.4. The minimum atomic E-state index is -0.638. The smallest absolute Gasteiger partial charge is 0.253 e. The number of carbonyl (C=O) groups is 3. The molecule has 4 rings (SSSR count). The highest BCUT2D eigenvalue weighted by molar-refractivity contribution is 5.96. The Bertz CT molecular complexity index is 729. The van der Waals surface area contributed by atoms with Gasteiger partial charge in [-0.3, -0.25) is 14.4 Å². The van der Waals surface area contributed by atoms with Gasteiger partial charge in [0.15, 0.2) is 0 Å². The van der Waals surface area contributed by atoms with Crippen molar-refractivity contribution in [3.8, 4) is 0 Å². The van der Waals surface area contributed by atoms with E-state index in [-0.39, 0.29) is 23.6 Å². The maximum atomic E-state index is 13.4. The Morgan fingerprint density at radius 3 is 2.19 bits per heavy atom. The van der Waals surface area contributed by atoms with Crippen LogP contribution in [0.4, 0.5) is 0 Å². The number of benzene rings is 1. The second-order valence-electron chi connectivity index (χ2n) is 7.80. The number of hydrogen-bond donors (Lipinski definition) is 0. The summed E-state index contributed by atoms with van der Waals surface area (Å²) in [5, 5.41) is 0. The van der Waals surface area contributed by atoms with Gasteiger partial charge in [0.05, 0.1) is 5.41 Å². The molecule has 26 heavy (non-hydrogen) atoms. The number of likely N-dealkylation sites (tertiary alicyclic amines) is 3. The number of carbonyl (C=O) groups excluding carboxylic acids is 3. The van der Waals surface area contributed by atoms with E-state index in [1.807, 2.05) is 40.1 Å². The quantitative estimate of drug-likeness (QED) is 0.802. The van der Waals surface area contributed by atoms with Crippen LogP contribution in [0.3, 0.4) is 0 Å². The van der Waals surface area contributed by atoms with Gasteiger partial charge in [0.25, 0.3) is 5.91 Å². The van der Waals surface area contributed by atoms with Crippen molar-refractivity contribution < 1.29 is 14.4 Å². The van der Waals surface area contributed by atoms with Gasteiger partial charge in [-0.05, 0) is 25.0 Å². The molecule has 1 aromatic rings. The van der Waals surface area contributed by atoms with Crippen molar-refractivity contribution in [3.05, 3.63) is 35.9 Å². The summed E-state index contributed by atoms with van der Waals surface area (Å²) in [6.07, 6.45) is 2.07. The SMILES string of the molecule is CC(=O)N1C[C@H]2CN(C(=O)c3ccccc3)C[C@@]2(C(=O)N2CCCC2)C1. The summed E-state index contributed by atoms with van der Waals surface area (Å²) in [6, 6.07) is 9.22. The fraction of sp³-hybridized carbons (Fsp3) is 0.550. The topological polar surface area (TPSA) is 60.9 Å². The Hall–Kier alpha value is -2.37. The predicted octanol–water partition coefficient (Wildman–Crippen LogP) is 1.23. The molecule has 0 spiro atoms. The molecule has 0 saturated carbocycles. The minimum absolute atomic E-state index is 0.00827. The molecule has 1 aromatic carbocycles. The molecule has 0 radical (unpaired) electrons. The van der Waals surface area contributed by atoms with Crippen molar-refractivity contribution in [3.63, 3.8) is 0 Å². The Labute approximate surface area is 153 Å². The average Bonchev–Trinajstić information content (AvgIpc) is 3.35. The third-order valence-corrected chi connectivity index (χ3v) is 6.18. The first-order valence-corrected chi connectivity index (χ1v) is 9.40. The largest absolute Gasteiger partial charge is 0.342 e. The van der Waals surface area contributed by atoms with Crippen molar-refractivity contribution in [2.75, 3.05) is 39.3 Å². The molecule has 0 bridgehead atoms. The molecule has 3 amide bonds. The molecule has 0 aromatic heterocycles. The number of rotatable bonds is 2. The Kier molecular flexibility index (Phi) is 4.21. The first-order chi connectivity index (χ1) is 12.5. The van der Waals surface area contributed by atoms with Gasteiger partial charge in [0.1, 0.15) is 0 Å². The molecular weight excluding hydrogens is 330 g/mol. The van der Waals surface area contributed by atoms with Gasteiger partial charge in [-0.15, -0.1) is 0 Å². The van der Waals surface area contributed by atoms with Gasteiger partial charge in [-0.2, -0.15) is 0 Å². The molecule has 3 saturated heterocycles. The second-order valence-corrected chi connectivity index (χ2v) is 7.80. The van der Waals surface area contributed by atoms with E-state index < -0.39 is 5.41 Å². The first kappa shape index (κ1) is 17.1. The van der Waals surface area contributed by atoms with Crippen LogP contribution in [-0.4, -0.2) is 71.7 Å². The summed E-state index contributed by atoms with van der Waals surface area (Å²) < 4.78 is 0. The molecule has 3 heterocycles. The lowest BCUT2D eigenvalue weighted by Gasteiger charge is -2.32. The summed E-state index contributed by atoms with van der Waals surface area (Å²) in [4.78, 5) is 43.7. The van der Waals surface area contributed by atoms with Crippen molar-refractivity contribution in [2.24, 2.45) is 11.3 Å². The number of amides is 3. The Morgan fingerprint density at radius 1 is 0.923 bits per heavy atom. The van der Waals surface area contributed by atoms with E-state index in [0.717, 1.165) is 25.9 Å². The molecule has 2 atom stereocenters. The molecule has 3 aliphatic heterocycles. The van der Waals surface area contributed by atoms with Crippen LogP contribution in [0.1, 0.15) is 30.1 Å². The zero-order valence-electron chi connectivity index (χ0n) is 15.2. The van der Waals surface area contributed by atoms with Crippen LogP contribution in [0.5, 0.6) is 0 Å². The molecule has 6 heteroatoms. The fourth-order valence-corrected chi connectivity index (χ4v) is 4.76. The van der Waals surface area contributed by atoms with Gasteiger partial charge < -0.3 is 14.7 Å². The Morgan fingerprint density at radius 2 is 1.54 bits per heavy atom. The normalized spacial score (nSPS) is 27.7. The zero-order valence-corrected chi connectivity index (χ0v) is 15.2. The summed E-state index contributed by atoms with van der Waals surface area (Å²) in [7, 11) is 0. The first-order valence-electron chi connectivity index (χ1n) is 9.40. The van der Waals surface area contributed by atoms with E-state index in [0.29, 0.717) is 31.7 Å². The highest BCUT2D eigenvalue weighted by Crippen LogP contribution is 2.44. The van der Waals surface area contributed by atoms with Crippen molar-refractivity contribution in [1.82, 2.24) is 14.7 Å². The van der Waals surface area contributed by atoms with Gasteiger partial charge in [0.2, 0.25) is 11.8 Å². The average molecular weight is 355 g/mol. The van der Waals surface area contributed by atoms with Crippen LogP contribution in [0.25, 0.3) is 0 Å². The lowest BCUT2D eigenvalue weighted by atomic mass is 9.79. The van der Waals surface area contributed by atoms with Crippen LogP contribution < -0.4 is 0 Å². The van der Waals surface area contributed by atoms with E-state index in [4.69, 9.17) is 0 Å². The fourth-order valence-electron chi connectivity index (χ4n) is 4.76. The monoisotopic (exact) mass is 355 g/mol. The molecule has 0 unspecified atom stereocenters. The summed E-state index contributed by atoms with van der Waals surface area (Å²) in [5.74, 6) is 0.135. The van der Waals surface area contributed by atoms with E-state index >= 15 is 0 Å². The third kappa shape index (κ3) is 2.68. The molecule has 138 valence electrons. The van der Waals surface area contributed by atoms with E-state index in [9.17, 15) is 14.4 Å². The summed E-state index contributed by atoms with van der Waals surface area (Å²) in [5.41, 5.74) is 0.0140. The van der Waals surface area contributed by atoms with E-state index in [1.165, 1.54) is 0 Å². The second kappa shape index (κ2) is 6.41. The summed E-state index contributed by atoms with van der Waals surface area (Å²) in [6.45, 7) is 5.08. The van der Waals surface area contributed by atoms with Crippen LogP contribution in [0.2, 0.25) is 0 Å². The molecular formula is C20H25N3O3. The molecule has 3 fully saturated rings. The lowest BCUT2D eigenvalue weighted by Crippen LogP contribution is -2.49. The minimum Gasteiger partial charge on any atom is -0.342 e. The molecule has 0 N–H and O–H groups in total. The van der Waals surface area contributed by atoms with Crippen LogP contribution in [0, 0.1) is 11.3 Å². The predicted molar refractivity (Wildman–Crippen MR) is 96.3 cm³/mol. The van der Waals surface area contributed by atoms with E-state index in [1.54, 1.807) is 11.8 Å². The van der Waals surface area contributed by atoms with Gasteiger partial charge >= 0.3 is 0 Å². The van der Waals surface area contributed by atoms with Crippen LogP contribution in [0.15, 0.2) is 30.3 Å². The summed E-state index contributed by atoms with van der Waals surface area (Å²) >= 11 is 0. The maximum Gasteiger partial charge on any atom is 0.253 e. The highest BCUT2D eigenvalue weighted by Gasteiger charge is 2.59.